The quantitative estimate of drug-likeness (QED) is 0.858. The molecule has 0 aliphatic carbocycles. The lowest BCUT2D eigenvalue weighted by Crippen LogP contribution is -2.39. The zero-order valence-corrected chi connectivity index (χ0v) is 12.9. The summed E-state index contributed by atoms with van der Waals surface area (Å²) < 4.78 is 28.1. The van der Waals surface area contributed by atoms with Gasteiger partial charge in [-0.3, -0.25) is 4.79 Å². The van der Waals surface area contributed by atoms with Crippen LogP contribution in [-0.2, 0) is 13.8 Å². The first-order chi connectivity index (χ1) is 9.29. The van der Waals surface area contributed by atoms with Crippen LogP contribution in [0.1, 0.15) is 23.7 Å². The van der Waals surface area contributed by atoms with Crippen LogP contribution in [0.15, 0.2) is 23.1 Å². The van der Waals surface area contributed by atoms with Crippen LogP contribution in [0, 0.1) is 0 Å². The largest absolute Gasteiger partial charge is 0.376 e. The number of hydrogen-bond donors (Lipinski definition) is 1. The second-order valence-electron chi connectivity index (χ2n) is 4.53. The fraction of sp³-hybridized carbons (Fsp3) is 0.417. The molecule has 1 aliphatic heterocycles. The molecule has 1 aromatic carbocycles. The Hall–Kier alpha value is -0.820. The average Bonchev–Trinajstić information content (AvgIpc) is 2.74. The number of rotatable bonds is 3. The van der Waals surface area contributed by atoms with Gasteiger partial charge in [-0.1, -0.05) is 11.6 Å². The fourth-order valence-corrected chi connectivity index (χ4v) is 3.50. The van der Waals surface area contributed by atoms with Crippen molar-refractivity contribution in [2.45, 2.75) is 30.4 Å². The van der Waals surface area contributed by atoms with Gasteiger partial charge in [0.15, 0.2) is 0 Å². The predicted molar refractivity (Wildman–Crippen MR) is 75.8 cm³/mol. The van der Waals surface area contributed by atoms with E-state index >= 15 is 0 Å². The minimum Gasteiger partial charge on any atom is -0.376 e. The number of ether oxygens (including phenoxy) is 1. The van der Waals surface area contributed by atoms with Crippen LogP contribution in [0.2, 0.25) is 5.02 Å². The maximum absolute atomic E-state index is 12.1. The van der Waals surface area contributed by atoms with Crippen LogP contribution in [-0.4, -0.2) is 33.1 Å². The molecule has 20 heavy (non-hydrogen) atoms. The molecular formula is C12H13Cl2NO4S. The van der Waals surface area contributed by atoms with Gasteiger partial charge in [0, 0.05) is 22.9 Å². The Bertz CT molecular complexity index is 632. The SMILES string of the molecule is CC1OCCC1NC(=O)c1ccc(Cl)c(S(=O)(=O)Cl)c1. The third kappa shape index (κ3) is 3.44. The van der Waals surface area contributed by atoms with Gasteiger partial charge < -0.3 is 10.1 Å². The van der Waals surface area contributed by atoms with E-state index < -0.39 is 9.05 Å². The van der Waals surface area contributed by atoms with Gasteiger partial charge in [0.1, 0.15) is 4.90 Å². The molecule has 0 saturated carbocycles. The standard InChI is InChI=1S/C12H13Cl2NO4S/c1-7-10(4-5-19-7)15-12(16)8-2-3-9(13)11(6-8)20(14,17)18/h2-3,6-7,10H,4-5H2,1H3,(H,15,16). The Labute approximate surface area is 126 Å². The first-order valence-electron chi connectivity index (χ1n) is 5.95. The monoisotopic (exact) mass is 337 g/mol. The molecule has 1 amide bonds. The van der Waals surface area contributed by atoms with Gasteiger partial charge in [0.05, 0.1) is 17.2 Å². The highest BCUT2D eigenvalue weighted by atomic mass is 35.7. The lowest BCUT2D eigenvalue weighted by molar-refractivity contribution is 0.0866. The Balaban J connectivity index is 2.23. The maximum Gasteiger partial charge on any atom is 0.262 e. The van der Waals surface area contributed by atoms with Crippen molar-refractivity contribution in [3.63, 3.8) is 0 Å². The summed E-state index contributed by atoms with van der Waals surface area (Å²) in [6.45, 7) is 2.46. The number of halogens is 2. The Kier molecular flexibility index (Phi) is 4.59. The van der Waals surface area contributed by atoms with Gasteiger partial charge in [-0.25, -0.2) is 8.42 Å². The summed E-state index contributed by atoms with van der Waals surface area (Å²) in [4.78, 5) is 11.8. The number of carbonyl (C=O) groups is 1. The molecule has 2 unspecified atom stereocenters. The normalized spacial score (nSPS) is 22.8. The van der Waals surface area contributed by atoms with E-state index in [0.29, 0.717) is 6.61 Å². The number of amides is 1. The van der Waals surface area contributed by atoms with Crippen LogP contribution >= 0.6 is 22.3 Å². The van der Waals surface area contributed by atoms with E-state index in [0.717, 1.165) is 6.42 Å². The summed E-state index contributed by atoms with van der Waals surface area (Å²) in [5.74, 6) is -0.384. The van der Waals surface area contributed by atoms with Gasteiger partial charge >= 0.3 is 0 Å². The lowest BCUT2D eigenvalue weighted by Gasteiger charge is -2.16. The molecular weight excluding hydrogens is 325 g/mol. The third-order valence-electron chi connectivity index (χ3n) is 3.15. The molecule has 110 valence electrons. The van der Waals surface area contributed by atoms with Crippen molar-refractivity contribution >= 4 is 37.2 Å². The minimum absolute atomic E-state index is 0.0193. The Morgan fingerprint density at radius 2 is 2.15 bits per heavy atom. The highest BCUT2D eigenvalue weighted by Gasteiger charge is 2.26. The molecule has 0 radical (unpaired) electrons. The Morgan fingerprint density at radius 3 is 2.70 bits per heavy atom. The van der Waals surface area contributed by atoms with Gasteiger partial charge in [-0.05, 0) is 31.5 Å². The molecule has 1 heterocycles. The fourth-order valence-electron chi connectivity index (χ4n) is 2.00. The van der Waals surface area contributed by atoms with Crippen LogP contribution in [0.4, 0.5) is 0 Å². The van der Waals surface area contributed by atoms with Gasteiger partial charge in [0.2, 0.25) is 0 Å². The minimum atomic E-state index is -3.99. The van der Waals surface area contributed by atoms with Crippen LogP contribution in [0.25, 0.3) is 0 Å². The van der Waals surface area contributed by atoms with Crippen molar-refractivity contribution in [2.75, 3.05) is 6.61 Å². The predicted octanol–water partition coefficient (Wildman–Crippen LogP) is 2.17. The summed E-state index contributed by atoms with van der Waals surface area (Å²) in [5, 5.41) is 2.78. The smallest absolute Gasteiger partial charge is 0.262 e. The highest BCUT2D eigenvalue weighted by molar-refractivity contribution is 8.13. The second kappa shape index (κ2) is 5.89. The van der Waals surface area contributed by atoms with Crippen LogP contribution in [0.3, 0.4) is 0 Å². The summed E-state index contributed by atoms with van der Waals surface area (Å²) >= 11 is 5.76. The van der Waals surface area contributed by atoms with E-state index in [1.807, 2.05) is 6.92 Å². The van der Waals surface area contributed by atoms with Gasteiger partial charge in [-0.2, -0.15) is 0 Å². The van der Waals surface area contributed by atoms with Crippen LogP contribution in [0.5, 0.6) is 0 Å². The highest BCUT2D eigenvalue weighted by Crippen LogP contribution is 2.26. The molecule has 2 atom stereocenters. The van der Waals surface area contributed by atoms with E-state index in [9.17, 15) is 13.2 Å². The van der Waals surface area contributed by atoms with Crippen molar-refractivity contribution in [3.05, 3.63) is 28.8 Å². The van der Waals surface area contributed by atoms with Crippen molar-refractivity contribution < 1.29 is 17.9 Å². The first-order valence-corrected chi connectivity index (χ1v) is 8.64. The van der Waals surface area contributed by atoms with Crippen LogP contribution < -0.4 is 5.32 Å². The topological polar surface area (TPSA) is 72.5 Å². The average molecular weight is 338 g/mol. The molecule has 1 aliphatic rings. The third-order valence-corrected chi connectivity index (χ3v) is 4.95. The number of benzene rings is 1. The Morgan fingerprint density at radius 1 is 1.45 bits per heavy atom. The van der Waals surface area contributed by atoms with E-state index in [1.54, 1.807) is 0 Å². The second-order valence-corrected chi connectivity index (χ2v) is 7.47. The summed E-state index contributed by atoms with van der Waals surface area (Å²) in [5.41, 5.74) is 0.188. The van der Waals surface area contributed by atoms with Gasteiger partial charge in [0.25, 0.3) is 15.0 Å². The van der Waals surface area contributed by atoms with Crippen molar-refractivity contribution in [1.82, 2.24) is 5.32 Å². The summed E-state index contributed by atoms with van der Waals surface area (Å²) in [6.07, 6.45) is 0.656. The molecule has 2 rings (SSSR count). The van der Waals surface area contributed by atoms with Crippen molar-refractivity contribution in [2.24, 2.45) is 0 Å². The molecule has 5 nitrogen and oxygen atoms in total. The summed E-state index contributed by atoms with van der Waals surface area (Å²) in [6, 6.07) is 3.86. The number of nitrogens with one attached hydrogen (secondary N) is 1. The molecule has 0 bridgehead atoms. The molecule has 1 N–H and O–H groups in total. The molecule has 0 spiro atoms. The summed E-state index contributed by atoms with van der Waals surface area (Å²) in [7, 11) is 1.28. The molecule has 1 fully saturated rings. The molecule has 1 aromatic rings. The van der Waals surface area contributed by atoms with E-state index in [1.165, 1.54) is 18.2 Å². The molecule has 8 heteroatoms. The number of carbonyl (C=O) groups excluding carboxylic acids is 1. The van der Waals surface area contributed by atoms with Gasteiger partial charge in [-0.15, -0.1) is 0 Å². The van der Waals surface area contributed by atoms with E-state index in [2.05, 4.69) is 5.32 Å². The molecule has 0 aromatic heterocycles. The molecule has 1 saturated heterocycles. The zero-order chi connectivity index (χ0) is 14.9. The van der Waals surface area contributed by atoms with E-state index in [4.69, 9.17) is 27.0 Å². The van der Waals surface area contributed by atoms with Crippen molar-refractivity contribution in [3.8, 4) is 0 Å². The first kappa shape index (κ1) is 15.6. The lowest BCUT2D eigenvalue weighted by atomic mass is 10.1. The van der Waals surface area contributed by atoms with E-state index in [-0.39, 0.29) is 33.5 Å². The number of hydrogen-bond acceptors (Lipinski definition) is 4. The van der Waals surface area contributed by atoms with Crippen molar-refractivity contribution in [1.29, 1.82) is 0 Å². The maximum atomic E-state index is 12.1. The zero-order valence-electron chi connectivity index (χ0n) is 10.6.